The second-order valence-corrected chi connectivity index (χ2v) is 4.56. The molecule has 18 heavy (non-hydrogen) atoms. The summed E-state index contributed by atoms with van der Waals surface area (Å²) in [5, 5.41) is 3.45. The van der Waals surface area contributed by atoms with Gasteiger partial charge in [0.25, 0.3) is 0 Å². The van der Waals surface area contributed by atoms with E-state index in [0.717, 1.165) is 45.8 Å². The first-order valence-electron chi connectivity index (χ1n) is 6.89. The predicted octanol–water partition coefficient (Wildman–Crippen LogP) is 2.32. The van der Waals surface area contributed by atoms with E-state index < -0.39 is 0 Å². The van der Waals surface area contributed by atoms with Crippen LogP contribution in [-0.4, -0.2) is 32.9 Å². The zero-order chi connectivity index (χ0) is 12.6. The molecule has 0 saturated carbocycles. The van der Waals surface area contributed by atoms with Crippen LogP contribution < -0.4 is 5.32 Å². The number of hydrogen-bond donors (Lipinski definition) is 1. The Hall–Kier alpha value is -0.900. The summed E-state index contributed by atoms with van der Waals surface area (Å²) in [5.74, 6) is 0. The summed E-state index contributed by atoms with van der Waals surface area (Å²) in [7, 11) is 0. The minimum Gasteiger partial charge on any atom is -0.382 e. The van der Waals surface area contributed by atoms with E-state index in [1.807, 2.05) is 6.92 Å². The highest BCUT2D eigenvalue weighted by molar-refractivity contribution is 5.31. The number of fused-ring (bicyclic) bond motifs is 1. The largest absolute Gasteiger partial charge is 0.382 e. The molecule has 1 N–H and O–H groups in total. The maximum Gasteiger partial charge on any atom is 0.0952 e. The third-order valence-electron chi connectivity index (χ3n) is 3.27. The van der Waals surface area contributed by atoms with Crippen molar-refractivity contribution in [3.05, 3.63) is 35.4 Å². The van der Waals surface area contributed by atoms with Crippen molar-refractivity contribution in [1.82, 2.24) is 5.32 Å². The zero-order valence-electron chi connectivity index (χ0n) is 11.2. The third kappa shape index (κ3) is 3.80. The smallest absolute Gasteiger partial charge is 0.0952 e. The number of ether oxygens (including phenoxy) is 2. The first-order chi connectivity index (χ1) is 8.92. The van der Waals surface area contributed by atoms with Crippen molar-refractivity contribution in [2.75, 3.05) is 32.9 Å². The minimum atomic E-state index is 0.210. The maximum atomic E-state index is 5.84. The summed E-state index contributed by atoms with van der Waals surface area (Å²) < 4.78 is 11.1. The lowest BCUT2D eigenvalue weighted by molar-refractivity contribution is 0.0421. The van der Waals surface area contributed by atoms with Gasteiger partial charge in [-0.1, -0.05) is 24.3 Å². The Balaban J connectivity index is 1.74. The molecule has 0 aromatic heterocycles. The standard InChI is InChI=1S/C15H23NO2/c1-2-17-10-5-9-16-12-15-14-7-4-3-6-13(14)8-11-18-15/h3-4,6-7,15-16H,2,5,8-12H2,1H3. The van der Waals surface area contributed by atoms with Gasteiger partial charge in [-0.15, -0.1) is 0 Å². The van der Waals surface area contributed by atoms with Gasteiger partial charge in [0.15, 0.2) is 0 Å². The van der Waals surface area contributed by atoms with Crippen LogP contribution >= 0.6 is 0 Å². The molecule has 0 saturated heterocycles. The summed E-state index contributed by atoms with van der Waals surface area (Å²) >= 11 is 0. The lowest BCUT2D eigenvalue weighted by Gasteiger charge is -2.26. The Labute approximate surface area is 109 Å². The fraction of sp³-hybridized carbons (Fsp3) is 0.600. The van der Waals surface area contributed by atoms with Gasteiger partial charge in [0, 0.05) is 19.8 Å². The van der Waals surface area contributed by atoms with Crippen molar-refractivity contribution in [2.45, 2.75) is 25.9 Å². The molecule has 0 radical (unpaired) electrons. The highest BCUT2D eigenvalue weighted by atomic mass is 16.5. The molecule has 1 heterocycles. The van der Waals surface area contributed by atoms with Crippen LogP contribution in [0.2, 0.25) is 0 Å². The molecule has 1 aromatic rings. The molecule has 0 fully saturated rings. The van der Waals surface area contributed by atoms with Crippen LogP contribution in [0.3, 0.4) is 0 Å². The Morgan fingerprint density at radius 3 is 3.17 bits per heavy atom. The maximum absolute atomic E-state index is 5.84. The van der Waals surface area contributed by atoms with Crippen LogP contribution in [0, 0.1) is 0 Å². The van der Waals surface area contributed by atoms with E-state index in [1.165, 1.54) is 11.1 Å². The van der Waals surface area contributed by atoms with Gasteiger partial charge in [-0.2, -0.15) is 0 Å². The lowest BCUT2D eigenvalue weighted by atomic mass is 9.97. The summed E-state index contributed by atoms with van der Waals surface area (Å²) in [6.07, 6.45) is 2.31. The van der Waals surface area contributed by atoms with Crippen molar-refractivity contribution in [3.8, 4) is 0 Å². The van der Waals surface area contributed by atoms with Crippen molar-refractivity contribution < 1.29 is 9.47 Å². The summed E-state index contributed by atoms with van der Waals surface area (Å²) in [6, 6.07) is 8.59. The monoisotopic (exact) mass is 249 g/mol. The van der Waals surface area contributed by atoms with E-state index in [2.05, 4.69) is 29.6 Å². The summed E-state index contributed by atoms with van der Waals surface area (Å²) in [5.41, 5.74) is 2.78. The summed E-state index contributed by atoms with van der Waals surface area (Å²) in [6.45, 7) is 6.39. The zero-order valence-corrected chi connectivity index (χ0v) is 11.2. The average Bonchev–Trinajstić information content (AvgIpc) is 2.43. The van der Waals surface area contributed by atoms with Gasteiger partial charge in [0.2, 0.25) is 0 Å². The molecule has 1 aliphatic heterocycles. The van der Waals surface area contributed by atoms with E-state index in [4.69, 9.17) is 9.47 Å². The van der Waals surface area contributed by atoms with Crippen molar-refractivity contribution in [1.29, 1.82) is 0 Å². The number of benzene rings is 1. The van der Waals surface area contributed by atoms with E-state index in [1.54, 1.807) is 0 Å². The van der Waals surface area contributed by atoms with E-state index in [-0.39, 0.29) is 6.10 Å². The van der Waals surface area contributed by atoms with Crippen LogP contribution in [0.4, 0.5) is 0 Å². The second-order valence-electron chi connectivity index (χ2n) is 4.56. The molecule has 0 spiro atoms. The molecule has 0 aliphatic carbocycles. The normalized spacial score (nSPS) is 18.6. The fourth-order valence-electron chi connectivity index (χ4n) is 2.32. The van der Waals surface area contributed by atoms with Gasteiger partial charge in [-0.25, -0.2) is 0 Å². The van der Waals surface area contributed by atoms with E-state index >= 15 is 0 Å². The van der Waals surface area contributed by atoms with E-state index in [0.29, 0.717) is 0 Å². The van der Waals surface area contributed by atoms with Crippen molar-refractivity contribution in [2.24, 2.45) is 0 Å². The minimum absolute atomic E-state index is 0.210. The average molecular weight is 249 g/mol. The molecule has 2 rings (SSSR count). The molecule has 0 amide bonds. The number of hydrogen-bond acceptors (Lipinski definition) is 3. The Kier molecular flexibility index (Phi) is 5.65. The quantitative estimate of drug-likeness (QED) is 0.752. The van der Waals surface area contributed by atoms with Gasteiger partial charge in [-0.05, 0) is 37.4 Å². The van der Waals surface area contributed by atoms with Gasteiger partial charge < -0.3 is 14.8 Å². The van der Waals surface area contributed by atoms with Crippen LogP contribution in [-0.2, 0) is 15.9 Å². The van der Waals surface area contributed by atoms with E-state index in [9.17, 15) is 0 Å². The first kappa shape index (κ1) is 13.5. The fourth-order valence-corrected chi connectivity index (χ4v) is 2.32. The Bertz CT molecular complexity index is 354. The molecular formula is C15H23NO2. The first-order valence-corrected chi connectivity index (χ1v) is 6.89. The van der Waals surface area contributed by atoms with Crippen LogP contribution in [0.5, 0.6) is 0 Å². The van der Waals surface area contributed by atoms with Crippen LogP contribution in [0.25, 0.3) is 0 Å². The molecule has 3 nitrogen and oxygen atoms in total. The van der Waals surface area contributed by atoms with Gasteiger partial charge in [-0.3, -0.25) is 0 Å². The van der Waals surface area contributed by atoms with Gasteiger partial charge >= 0.3 is 0 Å². The molecule has 1 aromatic carbocycles. The SMILES string of the molecule is CCOCCCNCC1OCCc2ccccc21. The van der Waals surface area contributed by atoms with Crippen molar-refractivity contribution in [3.63, 3.8) is 0 Å². The lowest BCUT2D eigenvalue weighted by Crippen LogP contribution is -2.28. The van der Waals surface area contributed by atoms with Gasteiger partial charge in [0.05, 0.1) is 12.7 Å². The predicted molar refractivity (Wildman–Crippen MR) is 72.8 cm³/mol. The molecular weight excluding hydrogens is 226 g/mol. The Morgan fingerprint density at radius 2 is 2.28 bits per heavy atom. The van der Waals surface area contributed by atoms with Gasteiger partial charge in [0.1, 0.15) is 0 Å². The molecule has 0 bridgehead atoms. The van der Waals surface area contributed by atoms with Crippen LogP contribution in [0.15, 0.2) is 24.3 Å². The number of nitrogens with one attached hydrogen (secondary N) is 1. The molecule has 1 atom stereocenters. The second kappa shape index (κ2) is 7.52. The highest BCUT2D eigenvalue weighted by Crippen LogP contribution is 2.25. The molecule has 100 valence electrons. The van der Waals surface area contributed by atoms with Crippen LogP contribution in [0.1, 0.15) is 30.6 Å². The molecule has 1 aliphatic rings. The number of rotatable bonds is 7. The third-order valence-corrected chi connectivity index (χ3v) is 3.27. The molecule has 1 unspecified atom stereocenters. The topological polar surface area (TPSA) is 30.5 Å². The highest BCUT2D eigenvalue weighted by Gasteiger charge is 2.19. The molecule has 3 heteroatoms. The summed E-state index contributed by atoms with van der Waals surface area (Å²) in [4.78, 5) is 0. The Morgan fingerprint density at radius 1 is 1.39 bits per heavy atom. The van der Waals surface area contributed by atoms with Crippen molar-refractivity contribution >= 4 is 0 Å².